The lowest BCUT2D eigenvalue weighted by Crippen LogP contribution is -2.17. The second kappa shape index (κ2) is 6.19. The molecule has 0 heterocycles. The van der Waals surface area contributed by atoms with Crippen LogP contribution >= 0.6 is 0 Å². The largest absolute Gasteiger partial charge is 0.508 e. The third-order valence-corrected chi connectivity index (χ3v) is 3.44. The Hall–Kier alpha value is -3.34. The smallest absolute Gasteiger partial charge is 0.271 e. The third-order valence-electron chi connectivity index (χ3n) is 3.44. The molecule has 3 rings (SSSR count). The van der Waals surface area contributed by atoms with Crippen LogP contribution in [-0.4, -0.2) is 22.3 Å². The zero-order valence-electron chi connectivity index (χ0n) is 12.1. The van der Waals surface area contributed by atoms with Crippen LogP contribution in [0, 0.1) is 0 Å². The molecular weight excluding hydrogens is 292 g/mol. The summed E-state index contributed by atoms with van der Waals surface area (Å²) in [5, 5.41) is 24.9. The van der Waals surface area contributed by atoms with Crippen molar-refractivity contribution in [2.45, 2.75) is 0 Å². The molecule has 0 fully saturated rings. The van der Waals surface area contributed by atoms with Gasteiger partial charge in [-0.05, 0) is 41.1 Å². The number of phenolic OH excluding ortho intramolecular Hbond substituents is 2. The quantitative estimate of drug-likeness (QED) is 0.514. The number of nitrogens with zero attached hydrogens (tertiary/aromatic N) is 1. The molecule has 0 saturated carbocycles. The molecule has 0 bridgehead atoms. The molecule has 5 nitrogen and oxygen atoms in total. The summed E-state index contributed by atoms with van der Waals surface area (Å²) in [6.07, 6.45) is 1.41. The van der Waals surface area contributed by atoms with Gasteiger partial charge in [0.1, 0.15) is 11.5 Å². The summed E-state index contributed by atoms with van der Waals surface area (Å²) >= 11 is 0. The lowest BCUT2D eigenvalue weighted by atomic mass is 10.0. The van der Waals surface area contributed by atoms with Crippen molar-refractivity contribution in [3.05, 3.63) is 71.8 Å². The molecule has 114 valence electrons. The normalized spacial score (nSPS) is 11.0. The topological polar surface area (TPSA) is 81.9 Å². The van der Waals surface area contributed by atoms with Gasteiger partial charge in [0.25, 0.3) is 5.91 Å². The average Bonchev–Trinajstić information content (AvgIpc) is 2.57. The number of hydrogen-bond acceptors (Lipinski definition) is 4. The first kappa shape index (κ1) is 14.6. The summed E-state index contributed by atoms with van der Waals surface area (Å²) in [7, 11) is 0. The molecule has 0 aliphatic heterocycles. The SMILES string of the molecule is O=C(NN=Cc1c(O)ccc2ccccc12)c1ccc(O)cc1. The fourth-order valence-electron chi connectivity index (χ4n) is 2.25. The molecule has 0 spiro atoms. The molecule has 1 amide bonds. The Labute approximate surface area is 132 Å². The lowest BCUT2D eigenvalue weighted by Gasteiger charge is -2.05. The molecule has 0 radical (unpaired) electrons. The van der Waals surface area contributed by atoms with Gasteiger partial charge in [0.05, 0.1) is 6.21 Å². The van der Waals surface area contributed by atoms with Crippen molar-refractivity contribution in [2.75, 3.05) is 0 Å². The van der Waals surface area contributed by atoms with Gasteiger partial charge in [0.15, 0.2) is 0 Å². The summed E-state index contributed by atoms with van der Waals surface area (Å²) in [5.41, 5.74) is 3.31. The lowest BCUT2D eigenvalue weighted by molar-refractivity contribution is 0.0955. The van der Waals surface area contributed by atoms with Crippen LogP contribution in [0.25, 0.3) is 10.8 Å². The van der Waals surface area contributed by atoms with Gasteiger partial charge in [-0.25, -0.2) is 5.43 Å². The molecule has 0 aliphatic rings. The minimum absolute atomic E-state index is 0.0886. The number of benzene rings is 3. The van der Waals surface area contributed by atoms with Crippen LogP contribution in [0.3, 0.4) is 0 Å². The average molecular weight is 306 g/mol. The maximum atomic E-state index is 11.9. The molecule has 3 aromatic rings. The molecule has 3 aromatic carbocycles. The highest BCUT2D eigenvalue weighted by molar-refractivity contribution is 6.03. The molecule has 0 aliphatic carbocycles. The molecule has 23 heavy (non-hydrogen) atoms. The Morgan fingerprint density at radius 2 is 1.70 bits per heavy atom. The maximum absolute atomic E-state index is 11.9. The monoisotopic (exact) mass is 306 g/mol. The predicted molar refractivity (Wildman–Crippen MR) is 88.8 cm³/mol. The summed E-state index contributed by atoms with van der Waals surface area (Å²) in [4.78, 5) is 11.9. The number of rotatable bonds is 3. The van der Waals surface area contributed by atoms with Crippen LogP contribution in [0.15, 0.2) is 65.8 Å². The van der Waals surface area contributed by atoms with E-state index in [2.05, 4.69) is 10.5 Å². The molecular formula is C18H14N2O3. The first-order valence-electron chi connectivity index (χ1n) is 6.98. The van der Waals surface area contributed by atoms with Crippen LogP contribution < -0.4 is 5.43 Å². The van der Waals surface area contributed by atoms with E-state index in [9.17, 15) is 15.0 Å². The van der Waals surface area contributed by atoms with Crippen molar-refractivity contribution in [3.8, 4) is 11.5 Å². The number of aromatic hydroxyl groups is 2. The standard InChI is InChI=1S/C18H14N2O3/c21-14-8-5-13(6-9-14)18(23)20-19-11-16-15-4-2-1-3-12(15)7-10-17(16)22/h1-11,21-22H,(H,20,23). The van der Waals surface area contributed by atoms with E-state index in [0.717, 1.165) is 10.8 Å². The molecule has 0 saturated heterocycles. The second-order valence-electron chi connectivity index (χ2n) is 4.97. The van der Waals surface area contributed by atoms with Gasteiger partial charge in [0, 0.05) is 11.1 Å². The van der Waals surface area contributed by atoms with Crippen molar-refractivity contribution in [2.24, 2.45) is 5.10 Å². The predicted octanol–water partition coefficient (Wildman–Crippen LogP) is 3.01. The van der Waals surface area contributed by atoms with Crippen molar-refractivity contribution in [1.82, 2.24) is 5.43 Å². The first-order chi connectivity index (χ1) is 11.1. The van der Waals surface area contributed by atoms with E-state index in [4.69, 9.17) is 0 Å². The maximum Gasteiger partial charge on any atom is 0.271 e. The zero-order chi connectivity index (χ0) is 16.2. The minimum atomic E-state index is -0.402. The van der Waals surface area contributed by atoms with Crippen LogP contribution in [0.1, 0.15) is 15.9 Å². The highest BCUT2D eigenvalue weighted by atomic mass is 16.3. The third kappa shape index (κ3) is 3.13. The van der Waals surface area contributed by atoms with Crippen LogP contribution in [0.5, 0.6) is 11.5 Å². The summed E-state index contributed by atoms with van der Waals surface area (Å²) in [5.74, 6) is -0.224. The number of amides is 1. The van der Waals surface area contributed by atoms with Gasteiger partial charge in [-0.15, -0.1) is 0 Å². The molecule has 0 unspecified atom stereocenters. The number of carbonyl (C=O) groups excluding carboxylic acids is 1. The van der Waals surface area contributed by atoms with Crippen LogP contribution in [0.2, 0.25) is 0 Å². The summed E-state index contributed by atoms with van der Waals surface area (Å²) in [6, 6.07) is 16.8. The Kier molecular flexibility index (Phi) is 3.93. The first-order valence-corrected chi connectivity index (χ1v) is 6.98. The van der Waals surface area contributed by atoms with Crippen molar-refractivity contribution < 1.29 is 15.0 Å². The number of hydrazone groups is 1. The highest BCUT2D eigenvalue weighted by Crippen LogP contribution is 2.25. The van der Waals surface area contributed by atoms with E-state index in [0.29, 0.717) is 11.1 Å². The van der Waals surface area contributed by atoms with E-state index >= 15 is 0 Å². The summed E-state index contributed by atoms with van der Waals surface area (Å²) < 4.78 is 0. The van der Waals surface area contributed by atoms with Crippen molar-refractivity contribution in [3.63, 3.8) is 0 Å². The van der Waals surface area contributed by atoms with Gasteiger partial charge in [-0.3, -0.25) is 4.79 Å². The number of hydrogen-bond donors (Lipinski definition) is 3. The van der Waals surface area contributed by atoms with Crippen LogP contribution in [-0.2, 0) is 0 Å². The van der Waals surface area contributed by atoms with Gasteiger partial charge in [-0.1, -0.05) is 30.3 Å². The van der Waals surface area contributed by atoms with E-state index in [1.54, 1.807) is 6.07 Å². The fraction of sp³-hybridized carbons (Fsp3) is 0. The van der Waals surface area contributed by atoms with Gasteiger partial charge in [0.2, 0.25) is 0 Å². The zero-order valence-corrected chi connectivity index (χ0v) is 12.1. The van der Waals surface area contributed by atoms with Gasteiger partial charge >= 0.3 is 0 Å². The van der Waals surface area contributed by atoms with Gasteiger partial charge in [-0.2, -0.15) is 5.10 Å². The Bertz CT molecular complexity index is 886. The molecule has 5 heteroatoms. The Balaban J connectivity index is 1.82. The minimum Gasteiger partial charge on any atom is -0.508 e. The molecule has 3 N–H and O–H groups in total. The Morgan fingerprint density at radius 3 is 2.48 bits per heavy atom. The highest BCUT2D eigenvalue weighted by Gasteiger charge is 2.06. The molecule has 0 aromatic heterocycles. The van der Waals surface area contributed by atoms with E-state index in [-0.39, 0.29) is 11.5 Å². The van der Waals surface area contributed by atoms with Crippen molar-refractivity contribution in [1.29, 1.82) is 0 Å². The van der Waals surface area contributed by atoms with Crippen molar-refractivity contribution >= 4 is 22.9 Å². The number of phenols is 2. The van der Waals surface area contributed by atoms with E-state index < -0.39 is 5.91 Å². The van der Waals surface area contributed by atoms with E-state index in [1.807, 2.05) is 30.3 Å². The fourth-order valence-corrected chi connectivity index (χ4v) is 2.25. The van der Waals surface area contributed by atoms with Crippen LogP contribution in [0.4, 0.5) is 0 Å². The number of carbonyl (C=O) groups is 1. The number of fused-ring (bicyclic) bond motifs is 1. The van der Waals surface area contributed by atoms with E-state index in [1.165, 1.54) is 30.5 Å². The Morgan fingerprint density at radius 1 is 0.957 bits per heavy atom. The summed E-state index contributed by atoms with van der Waals surface area (Å²) in [6.45, 7) is 0. The number of nitrogens with one attached hydrogen (secondary N) is 1. The van der Waals surface area contributed by atoms with Gasteiger partial charge < -0.3 is 10.2 Å². The second-order valence-corrected chi connectivity index (χ2v) is 4.97. The molecule has 0 atom stereocenters.